The average molecular weight is 389 g/mol. The molecular formula is C20H27N3O5. The number of hydrogen-bond acceptors (Lipinski definition) is 6. The molecule has 0 aliphatic carbocycles. The first-order chi connectivity index (χ1) is 13.6. The lowest BCUT2D eigenvalue weighted by Crippen LogP contribution is -2.57. The van der Waals surface area contributed by atoms with Crippen molar-refractivity contribution in [2.24, 2.45) is 5.41 Å². The van der Waals surface area contributed by atoms with Gasteiger partial charge < -0.3 is 29.3 Å². The van der Waals surface area contributed by atoms with Gasteiger partial charge in [0.1, 0.15) is 0 Å². The number of methoxy groups -OCH3 is 1. The minimum absolute atomic E-state index is 0.0427. The molecule has 0 spiro atoms. The van der Waals surface area contributed by atoms with Crippen molar-refractivity contribution in [2.45, 2.75) is 12.8 Å². The zero-order chi connectivity index (χ0) is 19.6. The maximum absolute atomic E-state index is 13.2. The average Bonchev–Trinajstić information content (AvgIpc) is 3.21. The summed E-state index contributed by atoms with van der Waals surface area (Å²) in [7, 11) is 1.65. The molecule has 0 aromatic heterocycles. The van der Waals surface area contributed by atoms with Crippen LogP contribution in [0, 0.1) is 5.41 Å². The van der Waals surface area contributed by atoms with E-state index in [1.807, 2.05) is 4.90 Å². The van der Waals surface area contributed by atoms with E-state index in [-0.39, 0.29) is 18.6 Å². The van der Waals surface area contributed by atoms with E-state index in [1.165, 1.54) is 0 Å². The number of piperidine rings is 1. The fourth-order valence-electron chi connectivity index (χ4n) is 4.26. The second-order valence-corrected chi connectivity index (χ2v) is 7.62. The Hall–Kier alpha value is -2.32. The normalized spacial score (nSPS) is 20.9. The lowest BCUT2D eigenvalue weighted by molar-refractivity contribution is -0.149. The Morgan fingerprint density at radius 1 is 1.07 bits per heavy atom. The number of hydrogen-bond donors (Lipinski definition) is 1. The van der Waals surface area contributed by atoms with Crippen LogP contribution in [0.4, 0.5) is 0 Å². The van der Waals surface area contributed by atoms with Crippen LogP contribution in [0.15, 0.2) is 18.2 Å². The molecule has 0 atom stereocenters. The highest BCUT2D eigenvalue weighted by Gasteiger charge is 2.43. The number of amides is 2. The number of fused-ring (bicyclic) bond motifs is 1. The molecule has 8 heteroatoms. The molecule has 0 radical (unpaired) electrons. The summed E-state index contributed by atoms with van der Waals surface area (Å²) < 4.78 is 16.1. The summed E-state index contributed by atoms with van der Waals surface area (Å²) in [6.07, 6.45) is 1.58. The van der Waals surface area contributed by atoms with Gasteiger partial charge >= 0.3 is 0 Å². The highest BCUT2D eigenvalue weighted by molar-refractivity contribution is 5.95. The Balaban J connectivity index is 1.38. The Labute approximate surface area is 164 Å². The molecule has 3 aliphatic heterocycles. The summed E-state index contributed by atoms with van der Waals surface area (Å²) >= 11 is 0. The number of carbonyl (C=O) groups is 2. The standard InChI is InChI=1S/C20H27N3O5/c1-26-13-20(4-6-21-7-5-20)19(25)23-10-8-22(9-11-23)18(24)15-2-3-16-17(12-15)28-14-27-16/h2-3,12,21H,4-11,13-14H2,1H3. The summed E-state index contributed by atoms with van der Waals surface area (Å²) in [6.45, 7) is 4.45. The SMILES string of the molecule is COCC1(C(=O)N2CCN(C(=O)c3ccc4c(c3)OCO4)CC2)CCNCC1. The lowest BCUT2D eigenvalue weighted by atomic mass is 9.78. The van der Waals surface area contributed by atoms with Crippen LogP contribution < -0.4 is 14.8 Å². The largest absolute Gasteiger partial charge is 0.454 e. The van der Waals surface area contributed by atoms with E-state index >= 15 is 0 Å². The Bertz CT molecular complexity index is 734. The maximum Gasteiger partial charge on any atom is 0.254 e. The molecule has 2 fully saturated rings. The van der Waals surface area contributed by atoms with Crippen LogP contribution in [-0.4, -0.2) is 81.4 Å². The van der Waals surface area contributed by atoms with Gasteiger partial charge in [-0.15, -0.1) is 0 Å². The van der Waals surface area contributed by atoms with E-state index in [0.717, 1.165) is 25.9 Å². The highest BCUT2D eigenvalue weighted by Crippen LogP contribution is 2.34. The van der Waals surface area contributed by atoms with E-state index < -0.39 is 5.41 Å². The van der Waals surface area contributed by atoms with Gasteiger partial charge in [0.2, 0.25) is 12.7 Å². The molecule has 0 unspecified atom stereocenters. The van der Waals surface area contributed by atoms with Crippen molar-refractivity contribution < 1.29 is 23.8 Å². The summed E-state index contributed by atoms with van der Waals surface area (Å²) in [5, 5.41) is 3.32. The molecule has 1 aromatic carbocycles. The van der Waals surface area contributed by atoms with Crippen LogP contribution in [0.3, 0.4) is 0 Å². The second-order valence-electron chi connectivity index (χ2n) is 7.62. The number of nitrogens with one attached hydrogen (secondary N) is 1. The van der Waals surface area contributed by atoms with Crippen molar-refractivity contribution >= 4 is 11.8 Å². The zero-order valence-corrected chi connectivity index (χ0v) is 16.2. The molecular weight excluding hydrogens is 362 g/mol. The van der Waals surface area contributed by atoms with Gasteiger partial charge in [0.05, 0.1) is 12.0 Å². The van der Waals surface area contributed by atoms with Crippen molar-refractivity contribution in [1.82, 2.24) is 15.1 Å². The monoisotopic (exact) mass is 389 g/mol. The Morgan fingerprint density at radius 3 is 2.46 bits per heavy atom. The maximum atomic E-state index is 13.2. The minimum Gasteiger partial charge on any atom is -0.454 e. The number of nitrogens with zero attached hydrogens (tertiary/aromatic N) is 2. The number of ether oxygens (including phenoxy) is 3. The predicted molar refractivity (Wildman–Crippen MR) is 101 cm³/mol. The molecule has 8 nitrogen and oxygen atoms in total. The van der Waals surface area contributed by atoms with Crippen molar-refractivity contribution in [3.05, 3.63) is 23.8 Å². The molecule has 152 valence electrons. The molecule has 2 amide bonds. The Kier molecular flexibility index (Phi) is 5.41. The molecule has 0 saturated carbocycles. The van der Waals surface area contributed by atoms with Crippen molar-refractivity contribution in [3.63, 3.8) is 0 Å². The predicted octanol–water partition coefficient (Wildman–Crippen LogP) is 0.716. The summed E-state index contributed by atoms with van der Waals surface area (Å²) in [6, 6.07) is 5.25. The molecule has 1 aromatic rings. The first-order valence-corrected chi connectivity index (χ1v) is 9.81. The van der Waals surface area contributed by atoms with Gasteiger partial charge in [-0.3, -0.25) is 9.59 Å². The third-order valence-electron chi connectivity index (χ3n) is 5.91. The summed E-state index contributed by atoms with van der Waals surface area (Å²) in [4.78, 5) is 29.8. The molecule has 3 aliphatic rings. The summed E-state index contributed by atoms with van der Waals surface area (Å²) in [5.74, 6) is 1.38. The van der Waals surface area contributed by atoms with E-state index in [0.29, 0.717) is 49.8 Å². The van der Waals surface area contributed by atoms with Crippen LogP contribution >= 0.6 is 0 Å². The molecule has 4 rings (SSSR count). The number of rotatable bonds is 4. The van der Waals surface area contributed by atoms with Gasteiger partial charge in [0.15, 0.2) is 11.5 Å². The van der Waals surface area contributed by atoms with Crippen molar-refractivity contribution in [2.75, 3.05) is 59.8 Å². The van der Waals surface area contributed by atoms with Gasteiger partial charge in [-0.25, -0.2) is 0 Å². The molecule has 2 saturated heterocycles. The number of piperazine rings is 1. The summed E-state index contributed by atoms with van der Waals surface area (Å²) in [5.41, 5.74) is 0.141. The fraction of sp³-hybridized carbons (Fsp3) is 0.600. The molecule has 0 bridgehead atoms. The highest BCUT2D eigenvalue weighted by atomic mass is 16.7. The minimum atomic E-state index is -0.441. The first-order valence-electron chi connectivity index (χ1n) is 9.81. The van der Waals surface area contributed by atoms with E-state index in [9.17, 15) is 9.59 Å². The third kappa shape index (κ3) is 3.54. The van der Waals surface area contributed by atoms with Gasteiger partial charge in [-0.1, -0.05) is 0 Å². The van der Waals surface area contributed by atoms with Crippen LogP contribution in [0.5, 0.6) is 11.5 Å². The lowest BCUT2D eigenvalue weighted by Gasteiger charge is -2.42. The van der Waals surface area contributed by atoms with Crippen LogP contribution in [-0.2, 0) is 9.53 Å². The topological polar surface area (TPSA) is 80.3 Å². The fourth-order valence-corrected chi connectivity index (χ4v) is 4.26. The number of benzene rings is 1. The van der Waals surface area contributed by atoms with Gasteiger partial charge in [-0.05, 0) is 44.1 Å². The smallest absolute Gasteiger partial charge is 0.254 e. The molecule has 1 N–H and O–H groups in total. The van der Waals surface area contributed by atoms with Gasteiger partial charge in [0, 0.05) is 38.9 Å². The van der Waals surface area contributed by atoms with Gasteiger partial charge in [0.25, 0.3) is 5.91 Å². The number of carbonyl (C=O) groups excluding carboxylic acids is 2. The first kappa shape index (κ1) is 19.0. The third-order valence-corrected chi connectivity index (χ3v) is 5.91. The van der Waals surface area contributed by atoms with Crippen LogP contribution in [0.1, 0.15) is 23.2 Å². The van der Waals surface area contributed by atoms with E-state index in [1.54, 1.807) is 30.2 Å². The van der Waals surface area contributed by atoms with E-state index in [2.05, 4.69) is 5.32 Å². The van der Waals surface area contributed by atoms with Crippen LogP contribution in [0.2, 0.25) is 0 Å². The van der Waals surface area contributed by atoms with Gasteiger partial charge in [-0.2, -0.15) is 0 Å². The second kappa shape index (κ2) is 7.97. The Morgan fingerprint density at radius 2 is 1.75 bits per heavy atom. The van der Waals surface area contributed by atoms with Crippen LogP contribution in [0.25, 0.3) is 0 Å². The molecule has 28 heavy (non-hydrogen) atoms. The quantitative estimate of drug-likeness (QED) is 0.817. The van der Waals surface area contributed by atoms with E-state index in [4.69, 9.17) is 14.2 Å². The van der Waals surface area contributed by atoms with Crippen molar-refractivity contribution in [1.29, 1.82) is 0 Å². The van der Waals surface area contributed by atoms with Crippen molar-refractivity contribution in [3.8, 4) is 11.5 Å². The zero-order valence-electron chi connectivity index (χ0n) is 16.2. The molecule has 3 heterocycles.